The molecule has 0 fully saturated rings. The van der Waals surface area contributed by atoms with Gasteiger partial charge in [-0.2, -0.15) is 4.37 Å². The van der Waals surface area contributed by atoms with Crippen molar-refractivity contribution in [3.8, 4) is 0 Å². The highest BCUT2D eigenvalue weighted by atomic mass is 32.1. The van der Waals surface area contributed by atoms with Crippen LogP contribution in [0.3, 0.4) is 0 Å². The topological polar surface area (TPSA) is 55.0 Å². The van der Waals surface area contributed by atoms with Gasteiger partial charge in [-0.3, -0.25) is 0 Å². The molecule has 0 aliphatic heterocycles. The molecule has 0 amide bonds. The van der Waals surface area contributed by atoms with E-state index in [9.17, 15) is 0 Å². The van der Waals surface area contributed by atoms with Crippen molar-refractivity contribution in [3.63, 3.8) is 0 Å². The minimum atomic E-state index is 0.228. The predicted molar refractivity (Wildman–Crippen MR) is 72.3 cm³/mol. The molecule has 2 rings (SSSR count). The quantitative estimate of drug-likeness (QED) is 0.848. The molecule has 2 aromatic rings. The lowest BCUT2D eigenvalue weighted by atomic mass is 10.1. The van der Waals surface area contributed by atoms with E-state index in [-0.39, 0.29) is 6.04 Å². The smallest absolute Gasteiger partial charge is 0.205 e. The minimum absolute atomic E-state index is 0.228. The molecule has 2 N–H and O–H groups in total. The molecule has 1 aromatic heterocycles. The van der Waals surface area contributed by atoms with Crippen LogP contribution in [0.25, 0.3) is 0 Å². The van der Waals surface area contributed by atoms with Crippen molar-refractivity contribution in [1.82, 2.24) is 9.36 Å². The summed E-state index contributed by atoms with van der Waals surface area (Å²) < 4.78 is 4.20. The number of hydrogen-bond donors (Lipinski definition) is 1. The maximum absolute atomic E-state index is 5.80. The van der Waals surface area contributed by atoms with Gasteiger partial charge in [-0.1, -0.05) is 12.1 Å². The van der Waals surface area contributed by atoms with E-state index in [4.69, 9.17) is 5.73 Å². The van der Waals surface area contributed by atoms with Crippen LogP contribution in [0.1, 0.15) is 24.4 Å². The fourth-order valence-electron chi connectivity index (χ4n) is 1.64. The number of nitrogen functional groups attached to an aromatic ring is 1. The summed E-state index contributed by atoms with van der Waals surface area (Å²) in [5, 5.41) is 0.928. The van der Waals surface area contributed by atoms with Crippen LogP contribution < -0.4 is 10.6 Å². The van der Waals surface area contributed by atoms with E-state index in [1.54, 1.807) is 0 Å². The van der Waals surface area contributed by atoms with Crippen molar-refractivity contribution in [2.24, 2.45) is 0 Å². The number of rotatable bonds is 3. The fraction of sp³-hybridized carbons (Fsp3) is 0.333. The number of nitrogens with zero attached hydrogens (tertiary/aromatic N) is 3. The summed E-state index contributed by atoms with van der Waals surface area (Å²) in [7, 11) is 2.02. The maximum Gasteiger partial charge on any atom is 0.205 e. The molecule has 1 atom stereocenters. The lowest BCUT2D eigenvalue weighted by Crippen LogP contribution is -2.21. The first-order valence-corrected chi connectivity index (χ1v) is 6.24. The Hall–Kier alpha value is -1.62. The Bertz CT molecular complexity index is 509. The molecule has 5 heteroatoms. The third-order valence-electron chi connectivity index (χ3n) is 2.79. The zero-order valence-corrected chi connectivity index (χ0v) is 11.0. The number of aryl methyl sites for hydroxylation is 1. The van der Waals surface area contributed by atoms with Gasteiger partial charge in [0.25, 0.3) is 0 Å². The van der Waals surface area contributed by atoms with Gasteiger partial charge in [0.05, 0.1) is 6.04 Å². The van der Waals surface area contributed by atoms with Gasteiger partial charge in [0, 0.05) is 24.3 Å². The third kappa shape index (κ3) is 2.55. The van der Waals surface area contributed by atoms with Crippen LogP contribution in [0.4, 0.5) is 10.8 Å². The second-order valence-corrected chi connectivity index (χ2v) is 4.81. The predicted octanol–water partition coefficient (Wildman–Crippen LogP) is 2.63. The van der Waals surface area contributed by atoms with Gasteiger partial charge in [-0.15, -0.1) is 0 Å². The lowest BCUT2D eigenvalue weighted by molar-refractivity contribution is 0.736. The van der Waals surface area contributed by atoms with Crippen LogP contribution in [-0.2, 0) is 0 Å². The highest BCUT2D eigenvalue weighted by Crippen LogP contribution is 2.27. The first-order chi connectivity index (χ1) is 8.08. The second kappa shape index (κ2) is 4.71. The molecular weight excluding hydrogens is 232 g/mol. The van der Waals surface area contributed by atoms with Gasteiger partial charge < -0.3 is 10.6 Å². The van der Waals surface area contributed by atoms with Crippen molar-refractivity contribution in [3.05, 3.63) is 35.7 Å². The van der Waals surface area contributed by atoms with Crippen molar-refractivity contribution >= 4 is 22.4 Å². The normalized spacial score (nSPS) is 12.4. The van der Waals surface area contributed by atoms with Crippen LogP contribution in [0.5, 0.6) is 0 Å². The SMILES string of the molecule is Cc1nsc(N(C)C(C)c2cccc(N)c2)n1. The van der Waals surface area contributed by atoms with Crippen LogP contribution in [0.2, 0.25) is 0 Å². The van der Waals surface area contributed by atoms with Crippen molar-refractivity contribution < 1.29 is 0 Å². The Balaban J connectivity index is 2.22. The monoisotopic (exact) mass is 248 g/mol. The number of hydrogen-bond acceptors (Lipinski definition) is 5. The average Bonchev–Trinajstić information content (AvgIpc) is 2.74. The summed E-state index contributed by atoms with van der Waals surface area (Å²) in [5.74, 6) is 0.816. The molecule has 1 aromatic carbocycles. The van der Waals surface area contributed by atoms with E-state index in [0.29, 0.717) is 0 Å². The molecule has 0 saturated heterocycles. The van der Waals surface area contributed by atoms with Gasteiger partial charge in [-0.05, 0) is 31.5 Å². The molecule has 0 aliphatic rings. The third-order valence-corrected chi connectivity index (χ3v) is 3.69. The zero-order chi connectivity index (χ0) is 12.4. The highest BCUT2D eigenvalue weighted by molar-refractivity contribution is 7.09. The Morgan fingerprint density at radius 1 is 1.41 bits per heavy atom. The summed E-state index contributed by atoms with van der Waals surface area (Å²) in [4.78, 5) is 6.49. The number of benzene rings is 1. The summed E-state index contributed by atoms with van der Waals surface area (Å²) in [6, 6.07) is 8.16. The Kier molecular flexibility index (Phi) is 3.28. The van der Waals surface area contributed by atoms with Crippen LogP contribution in [-0.4, -0.2) is 16.4 Å². The number of anilines is 2. The van der Waals surface area contributed by atoms with Crippen LogP contribution in [0, 0.1) is 6.92 Å². The average molecular weight is 248 g/mol. The number of nitrogens with two attached hydrogens (primary N) is 1. The Morgan fingerprint density at radius 3 is 2.76 bits per heavy atom. The van der Waals surface area contributed by atoms with Crippen LogP contribution in [0.15, 0.2) is 24.3 Å². The number of aromatic nitrogens is 2. The van der Waals surface area contributed by atoms with Gasteiger partial charge in [0.1, 0.15) is 5.82 Å². The van der Waals surface area contributed by atoms with Crippen molar-refractivity contribution in [2.75, 3.05) is 17.7 Å². The summed E-state index contributed by atoms with van der Waals surface area (Å²) in [5.41, 5.74) is 7.76. The zero-order valence-electron chi connectivity index (χ0n) is 10.2. The van der Waals surface area contributed by atoms with Crippen LogP contribution >= 0.6 is 11.5 Å². The van der Waals surface area contributed by atoms with E-state index in [1.807, 2.05) is 32.2 Å². The summed E-state index contributed by atoms with van der Waals surface area (Å²) in [6.45, 7) is 4.03. The van der Waals surface area contributed by atoms with Crippen molar-refractivity contribution in [1.29, 1.82) is 0 Å². The standard InChI is InChI=1S/C12H16N4S/c1-8(10-5-4-6-11(13)7-10)16(3)12-14-9(2)15-17-12/h4-8H,13H2,1-3H3. The van der Waals surface area contributed by atoms with Gasteiger partial charge >= 0.3 is 0 Å². The molecule has 90 valence electrons. The first kappa shape index (κ1) is 11.9. The van der Waals surface area contributed by atoms with E-state index in [0.717, 1.165) is 16.6 Å². The highest BCUT2D eigenvalue weighted by Gasteiger charge is 2.15. The van der Waals surface area contributed by atoms with E-state index in [1.165, 1.54) is 17.1 Å². The second-order valence-electron chi connectivity index (χ2n) is 4.08. The molecule has 1 heterocycles. The van der Waals surface area contributed by atoms with E-state index < -0.39 is 0 Å². The van der Waals surface area contributed by atoms with Gasteiger partial charge in [0.2, 0.25) is 5.13 Å². The minimum Gasteiger partial charge on any atom is -0.399 e. The molecule has 1 unspecified atom stereocenters. The van der Waals surface area contributed by atoms with Crippen molar-refractivity contribution in [2.45, 2.75) is 19.9 Å². The fourth-order valence-corrected chi connectivity index (χ4v) is 2.35. The molecule has 0 bridgehead atoms. The molecule has 0 aliphatic carbocycles. The summed E-state index contributed by atoms with van der Waals surface area (Å²) >= 11 is 1.42. The molecule has 4 nitrogen and oxygen atoms in total. The Labute approximate surface area is 105 Å². The molecular formula is C12H16N4S. The molecule has 0 saturated carbocycles. The maximum atomic E-state index is 5.80. The van der Waals surface area contributed by atoms with Gasteiger partial charge in [-0.25, -0.2) is 4.98 Å². The Morgan fingerprint density at radius 2 is 2.18 bits per heavy atom. The lowest BCUT2D eigenvalue weighted by Gasteiger charge is -2.24. The summed E-state index contributed by atoms with van der Waals surface area (Å²) in [6.07, 6.45) is 0. The van der Waals surface area contributed by atoms with Gasteiger partial charge in [0.15, 0.2) is 0 Å². The first-order valence-electron chi connectivity index (χ1n) is 5.46. The van der Waals surface area contributed by atoms with E-state index in [2.05, 4.69) is 27.2 Å². The van der Waals surface area contributed by atoms with E-state index >= 15 is 0 Å². The largest absolute Gasteiger partial charge is 0.399 e. The molecule has 17 heavy (non-hydrogen) atoms. The molecule has 0 spiro atoms. The molecule has 0 radical (unpaired) electrons.